The number of fused-ring (bicyclic) bond motifs is 2. The Hall–Kier alpha value is -1.64. The Labute approximate surface area is 369 Å². The molecule has 7 fully saturated rings. The second-order valence-electron chi connectivity index (χ2n) is 22.1. The van der Waals surface area contributed by atoms with Crippen molar-refractivity contribution in [2.75, 3.05) is 29.6 Å². The molecule has 16 atom stereocenters. The summed E-state index contributed by atoms with van der Waals surface area (Å²) in [5, 5.41) is 72.4. The van der Waals surface area contributed by atoms with Crippen molar-refractivity contribution in [1.82, 2.24) is 0 Å². The molecule has 6 N–H and O–H groups in total. The lowest BCUT2D eigenvalue weighted by Gasteiger charge is -2.69. The third-order valence-corrected chi connectivity index (χ3v) is 22.3. The Morgan fingerprint density at radius 1 is 0.951 bits per heavy atom. The molecule has 1 aromatic carbocycles. The zero-order valence-corrected chi connectivity index (χ0v) is 38.2. The normalized spacial score (nSPS) is 47.1. The van der Waals surface area contributed by atoms with Gasteiger partial charge in [-0.25, -0.2) is 0 Å². The van der Waals surface area contributed by atoms with Gasteiger partial charge in [-0.05, 0) is 154 Å². The Morgan fingerprint density at radius 2 is 1.75 bits per heavy atom. The topological polar surface area (TPSA) is 171 Å². The van der Waals surface area contributed by atoms with Crippen LogP contribution in [0.15, 0.2) is 29.8 Å². The maximum Gasteiger partial charge on any atom is 0.233 e. The lowest BCUT2D eigenvalue weighted by Crippen LogP contribution is -2.72. The summed E-state index contributed by atoms with van der Waals surface area (Å²) in [5.74, 6) is 0.752. The van der Waals surface area contributed by atoms with E-state index in [4.69, 9.17) is 4.74 Å². The summed E-state index contributed by atoms with van der Waals surface area (Å²) in [4.78, 5) is 32.4. The highest BCUT2D eigenvalue weighted by Gasteiger charge is 2.77. The van der Waals surface area contributed by atoms with Gasteiger partial charge in [-0.2, -0.15) is 0 Å². The number of aromatic hydroxyl groups is 1. The van der Waals surface area contributed by atoms with Gasteiger partial charge in [0.1, 0.15) is 11.9 Å². The van der Waals surface area contributed by atoms with Crippen LogP contribution < -0.4 is 4.90 Å². The smallest absolute Gasteiger partial charge is 0.233 e. The second kappa shape index (κ2) is 14.9. The summed E-state index contributed by atoms with van der Waals surface area (Å²) in [6.07, 6.45) is 8.31. The van der Waals surface area contributed by atoms with Gasteiger partial charge in [0, 0.05) is 47.7 Å². The molecule has 5 heterocycles. The number of ketones is 1. The van der Waals surface area contributed by atoms with E-state index >= 15 is 4.79 Å². The quantitative estimate of drug-likeness (QED) is 0.139. The van der Waals surface area contributed by atoms with Gasteiger partial charge in [0.15, 0.2) is 5.78 Å². The number of aliphatic hydroxyl groups is 5. The predicted octanol–water partition coefficient (Wildman–Crippen LogP) is 6.61. The fourth-order valence-electron chi connectivity index (χ4n) is 16.5. The number of anilines is 1. The molecule has 3 spiro atoms. The lowest BCUT2D eigenvalue weighted by atomic mass is 9.35. The van der Waals surface area contributed by atoms with Crippen molar-refractivity contribution in [2.45, 2.75) is 153 Å². The molecule has 1 aromatic rings. The molecule has 0 aromatic heterocycles. The predicted molar refractivity (Wildman–Crippen MR) is 237 cm³/mol. The van der Waals surface area contributed by atoms with E-state index in [2.05, 4.69) is 20.8 Å². The molecule has 1 amide bonds. The summed E-state index contributed by atoms with van der Waals surface area (Å²) >= 11 is 0. The number of epoxide rings is 1. The minimum absolute atomic E-state index is 0.0146. The molecule has 0 radical (unpaired) electrons. The maximum atomic E-state index is 15.5. The molecular weight excluding hydrogens is 811 g/mol. The van der Waals surface area contributed by atoms with Crippen LogP contribution in [-0.4, -0.2) is 103 Å². The van der Waals surface area contributed by atoms with Crippen LogP contribution in [0.3, 0.4) is 0 Å². The highest BCUT2D eigenvalue weighted by molar-refractivity contribution is 8.76. The number of phenolic OH excluding ortho intramolecular Hbond substituents is 1. The van der Waals surface area contributed by atoms with Crippen LogP contribution in [0.1, 0.15) is 117 Å². The number of amides is 1. The second-order valence-corrected chi connectivity index (χ2v) is 24.6. The average molecular weight is 880 g/mol. The number of nitrogens with zero attached hydrogens (tertiary/aromatic N) is 1. The van der Waals surface area contributed by atoms with Crippen molar-refractivity contribution in [2.24, 2.45) is 63.1 Å². The minimum atomic E-state index is -1.42. The van der Waals surface area contributed by atoms with Gasteiger partial charge >= 0.3 is 0 Å². The number of allylic oxidation sites excluding steroid dienone is 1. The SMILES string of the molecule is CC(C)C(C)C1OC1C(C)(O)C1CCC2(O)C3=CC(=O)C45CSSCC6CCCC(CO)C67CCN(C7=O)c6cc(O)cc(c6)CCC12CCC3C41CCCC5C(O)C(O)C1. The Kier molecular flexibility index (Phi) is 10.6. The molecular formula is C49H69NO9S2. The maximum absolute atomic E-state index is 15.5. The fraction of sp³-hybridized carbons (Fsp3) is 0.796. The van der Waals surface area contributed by atoms with Crippen LogP contribution in [0.25, 0.3) is 0 Å². The van der Waals surface area contributed by atoms with Gasteiger partial charge in [-0.3, -0.25) is 9.59 Å². The molecule has 11 aliphatic rings. The average Bonchev–Trinajstić information content (AvgIpc) is 3.89. The molecule has 5 aliphatic heterocycles. The number of rotatable bonds is 5. The summed E-state index contributed by atoms with van der Waals surface area (Å²) in [7, 11) is 3.38. The number of aliphatic hydroxyl groups excluding tert-OH is 3. The largest absolute Gasteiger partial charge is 0.508 e. The Balaban J connectivity index is 1.13. The molecule has 10 nitrogen and oxygen atoms in total. The highest BCUT2D eigenvalue weighted by atomic mass is 33.1. The summed E-state index contributed by atoms with van der Waals surface area (Å²) < 4.78 is 6.38. The number of hydrogen-bond acceptors (Lipinski definition) is 11. The van der Waals surface area contributed by atoms with E-state index < -0.39 is 51.0 Å². The molecule has 336 valence electrons. The van der Waals surface area contributed by atoms with Gasteiger partial charge in [0.2, 0.25) is 5.91 Å². The van der Waals surface area contributed by atoms with Gasteiger partial charge in [-0.1, -0.05) is 55.2 Å². The van der Waals surface area contributed by atoms with Crippen LogP contribution >= 0.6 is 21.6 Å². The van der Waals surface area contributed by atoms with E-state index in [1.165, 1.54) is 0 Å². The Bertz CT molecular complexity index is 1980. The van der Waals surface area contributed by atoms with Crippen molar-refractivity contribution < 1.29 is 45.0 Å². The third kappa shape index (κ3) is 5.83. The van der Waals surface area contributed by atoms with Crippen LogP contribution in [0, 0.1) is 63.1 Å². The van der Waals surface area contributed by atoms with Crippen molar-refractivity contribution in [1.29, 1.82) is 0 Å². The van der Waals surface area contributed by atoms with Crippen molar-refractivity contribution in [3.05, 3.63) is 35.4 Å². The first-order chi connectivity index (χ1) is 29.0. The zero-order valence-electron chi connectivity index (χ0n) is 36.6. The molecule has 16 unspecified atom stereocenters. The number of ether oxygens (including phenoxy) is 1. The Morgan fingerprint density at radius 3 is 2.52 bits per heavy atom. The molecule has 5 saturated carbocycles. The van der Waals surface area contributed by atoms with Gasteiger partial charge in [0.05, 0.1) is 40.3 Å². The molecule has 10 bridgehead atoms. The highest BCUT2D eigenvalue weighted by Crippen LogP contribution is 2.76. The van der Waals surface area contributed by atoms with E-state index in [0.29, 0.717) is 87.4 Å². The van der Waals surface area contributed by atoms with Crippen molar-refractivity contribution in [3.8, 4) is 5.75 Å². The van der Waals surface area contributed by atoms with Crippen LogP contribution in [0.2, 0.25) is 0 Å². The first kappa shape index (κ1) is 43.3. The van der Waals surface area contributed by atoms with Crippen molar-refractivity contribution in [3.63, 3.8) is 0 Å². The van der Waals surface area contributed by atoms with E-state index in [9.17, 15) is 35.4 Å². The third-order valence-electron chi connectivity index (χ3n) is 19.8. The number of aryl methyl sites for hydroxylation is 1. The molecule has 12 rings (SSSR count). The standard InChI is InChI=1S/C49H69NO9S2/c1-27(2)28(3)41-42(59-41)44(4,57)38-12-16-49(58)36-22-39(54)48-26-61-60-25-31-8-5-7-30(24-51)47(31)17-18-50(43(47)56)32-19-29(20-33(52)21-32)10-14-45(38,49)15-11-34(36)46(48)13-6-9-35(48)40(55)37(53)23-46/h19-22,27-28,30-31,34-35,37-38,40-42,51-53,55,57-58H,5-18,23-26H2,1-4H3. The number of carbonyl (C=O) groups excluding carboxylic acids is 2. The first-order valence-corrected chi connectivity index (χ1v) is 26.2. The summed E-state index contributed by atoms with van der Waals surface area (Å²) in [6.45, 7) is 8.87. The zero-order chi connectivity index (χ0) is 43.1. The van der Waals surface area contributed by atoms with E-state index in [1.54, 1.807) is 39.8 Å². The number of carbonyl (C=O) groups is 2. The summed E-state index contributed by atoms with van der Waals surface area (Å²) in [6, 6.07) is 5.46. The fourth-order valence-corrected chi connectivity index (χ4v) is 19.7. The van der Waals surface area contributed by atoms with Crippen molar-refractivity contribution >= 4 is 39.0 Å². The summed E-state index contributed by atoms with van der Waals surface area (Å²) in [5.41, 5.74) is -3.57. The molecule has 2 saturated heterocycles. The van der Waals surface area contributed by atoms with Crippen LogP contribution in [0.4, 0.5) is 5.69 Å². The number of hydrogen-bond donors (Lipinski definition) is 6. The van der Waals surface area contributed by atoms with Gasteiger partial charge < -0.3 is 40.3 Å². The lowest BCUT2D eigenvalue weighted by molar-refractivity contribution is -0.222. The number of phenols is 1. The molecule has 12 heteroatoms. The van der Waals surface area contributed by atoms with E-state index in [1.807, 2.05) is 17.9 Å². The monoisotopic (exact) mass is 879 g/mol. The number of benzene rings is 1. The van der Waals surface area contributed by atoms with Gasteiger partial charge in [-0.15, -0.1) is 0 Å². The van der Waals surface area contributed by atoms with E-state index in [-0.39, 0.29) is 65.8 Å². The molecule has 6 aliphatic carbocycles. The van der Waals surface area contributed by atoms with Crippen LogP contribution in [-0.2, 0) is 20.7 Å². The van der Waals surface area contributed by atoms with Gasteiger partial charge in [0.25, 0.3) is 0 Å². The molecule has 61 heavy (non-hydrogen) atoms. The minimum Gasteiger partial charge on any atom is -0.508 e. The first-order valence-electron chi connectivity index (χ1n) is 23.8. The van der Waals surface area contributed by atoms with E-state index in [0.717, 1.165) is 43.2 Å². The van der Waals surface area contributed by atoms with Crippen LogP contribution in [0.5, 0.6) is 5.75 Å².